The third-order valence-electron chi connectivity index (χ3n) is 4.47. The number of carbonyl (C=O) groups is 1. The quantitative estimate of drug-likeness (QED) is 0.545. The van der Waals surface area contributed by atoms with Gasteiger partial charge >= 0.3 is 12.4 Å². The van der Waals surface area contributed by atoms with Gasteiger partial charge in [-0.05, 0) is 36.2 Å². The number of aromatic amines is 1. The standard InChI is InChI=1S/C20H16F6N4O/c21-19(22,23)13-5-3-12(4-6-13)17(18-15(20(24,25)26)2-1-9-28-18)30-16(31)8-7-14-10-27-11-29-14/h1-6,9-11,17H,7-8H2,(H,27,29)(H,30,31). The second-order valence-corrected chi connectivity index (χ2v) is 6.63. The van der Waals surface area contributed by atoms with E-state index in [9.17, 15) is 31.1 Å². The number of benzene rings is 1. The molecule has 3 rings (SSSR count). The van der Waals surface area contributed by atoms with Gasteiger partial charge in [-0.3, -0.25) is 9.78 Å². The third-order valence-corrected chi connectivity index (χ3v) is 4.47. The highest BCUT2D eigenvalue weighted by Gasteiger charge is 2.37. The van der Waals surface area contributed by atoms with Crippen molar-refractivity contribution in [3.8, 4) is 0 Å². The van der Waals surface area contributed by atoms with Crippen LogP contribution in [0.1, 0.15) is 40.5 Å². The van der Waals surface area contributed by atoms with Crippen LogP contribution in [0.5, 0.6) is 0 Å². The molecule has 1 aromatic carbocycles. The zero-order valence-electron chi connectivity index (χ0n) is 15.8. The summed E-state index contributed by atoms with van der Waals surface area (Å²) in [6.45, 7) is 0. The minimum absolute atomic E-state index is 0.0343. The number of alkyl halides is 6. The normalized spacial score (nSPS) is 13.1. The van der Waals surface area contributed by atoms with E-state index in [0.717, 1.165) is 42.6 Å². The number of rotatable bonds is 6. The third kappa shape index (κ3) is 5.62. The zero-order chi connectivity index (χ0) is 22.6. The van der Waals surface area contributed by atoms with Crippen molar-refractivity contribution >= 4 is 5.91 Å². The molecule has 0 bridgehead atoms. The predicted molar refractivity (Wildman–Crippen MR) is 97.6 cm³/mol. The summed E-state index contributed by atoms with van der Waals surface area (Å²) in [6.07, 6.45) is -5.16. The lowest BCUT2D eigenvalue weighted by Gasteiger charge is -2.23. The fraction of sp³-hybridized carbons (Fsp3) is 0.250. The molecular weight excluding hydrogens is 426 g/mol. The van der Waals surface area contributed by atoms with Crippen molar-refractivity contribution in [3.05, 3.63) is 83.2 Å². The van der Waals surface area contributed by atoms with Crippen LogP contribution in [0.2, 0.25) is 0 Å². The van der Waals surface area contributed by atoms with Gasteiger partial charge < -0.3 is 10.3 Å². The maximum absolute atomic E-state index is 13.5. The van der Waals surface area contributed by atoms with Gasteiger partial charge in [-0.2, -0.15) is 26.3 Å². The van der Waals surface area contributed by atoms with Crippen molar-refractivity contribution in [2.45, 2.75) is 31.2 Å². The maximum Gasteiger partial charge on any atom is 0.418 e. The molecule has 5 nitrogen and oxygen atoms in total. The first kappa shape index (κ1) is 22.3. The predicted octanol–water partition coefficient (Wildman–Crippen LogP) is 4.68. The van der Waals surface area contributed by atoms with Crippen molar-refractivity contribution in [2.75, 3.05) is 0 Å². The average molecular weight is 442 g/mol. The molecule has 2 heterocycles. The maximum atomic E-state index is 13.5. The van der Waals surface area contributed by atoms with Crippen LogP contribution in [-0.4, -0.2) is 20.9 Å². The van der Waals surface area contributed by atoms with E-state index in [1.54, 1.807) is 0 Å². The average Bonchev–Trinajstić information content (AvgIpc) is 3.23. The molecule has 0 spiro atoms. The minimum Gasteiger partial charge on any atom is -0.348 e. The van der Waals surface area contributed by atoms with Crippen molar-refractivity contribution in [1.82, 2.24) is 20.3 Å². The number of aryl methyl sites for hydroxylation is 1. The fourth-order valence-electron chi connectivity index (χ4n) is 2.96. The molecule has 0 radical (unpaired) electrons. The molecule has 3 aromatic rings. The molecule has 0 fully saturated rings. The molecule has 164 valence electrons. The highest BCUT2D eigenvalue weighted by molar-refractivity contribution is 5.77. The Labute approximate surface area is 172 Å². The Morgan fingerprint density at radius 2 is 1.74 bits per heavy atom. The van der Waals surface area contributed by atoms with Gasteiger partial charge in [0.15, 0.2) is 0 Å². The van der Waals surface area contributed by atoms with Gasteiger partial charge in [0, 0.05) is 24.5 Å². The second kappa shape index (κ2) is 8.78. The van der Waals surface area contributed by atoms with E-state index in [-0.39, 0.29) is 18.4 Å². The highest BCUT2D eigenvalue weighted by Crippen LogP contribution is 2.36. The number of amides is 1. The van der Waals surface area contributed by atoms with Crippen LogP contribution in [0.15, 0.2) is 55.1 Å². The molecule has 1 atom stereocenters. The van der Waals surface area contributed by atoms with Gasteiger partial charge in [0.25, 0.3) is 0 Å². The molecular formula is C20H16F6N4O. The lowest BCUT2D eigenvalue weighted by atomic mass is 9.97. The van der Waals surface area contributed by atoms with E-state index in [1.165, 1.54) is 12.5 Å². The first-order chi connectivity index (χ1) is 14.6. The zero-order valence-corrected chi connectivity index (χ0v) is 15.8. The molecule has 0 saturated heterocycles. The number of nitrogens with zero attached hydrogens (tertiary/aromatic N) is 2. The van der Waals surface area contributed by atoms with Crippen molar-refractivity contribution < 1.29 is 31.1 Å². The van der Waals surface area contributed by atoms with Gasteiger partial charge in [-0.15, -0.1) is 0 Å². The summed E-state index contributed by atoms with van der Waals surface area (Å²) < 4.78 is 79.1. The molecule has 31 heavy (non-hydrogen) atoms. The number of pyridine rings is 1. The van der Waals surface area contributed by atoms with Crippen molar-refractivity contribution in [2.24, 2.45) is 0 Å². The van der Waals surface area contributed by atoms with Gasteiger partial charge in [0.05, 0.1) is 29.2 Å². The van der Waals surface area contributed by atoms with Gasteiger partial charge in [0.1, 0.15) is 0 Å². The first-order valence-electron chi connectivity index (χ1n) is 9.01. The van der Waals surface area contributed by atoms with Crippen LogP contribution in [0, 0.1) is 0 Å². The van der Waals surface area contributed by atoms with Crippen LogP contribution in [0.25, 0.3) is 0 Å². The molecule has 0 saturated carbocycles. The Hall–Kier alpha value is -3.37. The number of hydrogen-bond donors (Lipinski definition) is 2. The number of H-pyrrole nitrogens is 1. The van der Waals surface area contributed by atoms with Crippen LogP contribution in [-0.2, 0) is 23.6 Å². The van der Waals surface area contributed by atoms with Crippen molar-refractivity contribution in [1.29, 1.82) is 0 Å². The van der Waals surface area contributed by atoms with Crippen LogP contribution >= 0.6 is 0 Å². The molecule has 0 aliphatic carbocycles. The Morgan fingerprint density at radius 1 is 1.03 bits per heavy atom. The number of aromatic nitrogens is 3. The molecule has 2 aromatic heterocycles. The van der Waals surface area contributed by atoms with Gasteiger partial charge in [-0.1, -0.05) is 12.1 Å². The van der Waals surface area contributed by atoms with E-state index in [0.29, 0.717) is 5.69 Å². The smallest absolute Gasteiger partial charge is 0.348 e. The topological polar surface area (TPSA) is 70.7 Å². The second-order valence-electron chi connectivity index (χ2n) is 6.63. The van der Waals surface area contributed by atoms with Crippen LogP contribution in [0.3, 0.4) is 0 Å². The summed E-state index contributed by atoms with van der Waals surface area (Å²) in [6, 6.07) is 4.04. The molecule has 2 N–H and O–H groups in total. The van der Waals surface area contributed by atoms with E-state index in [4.69, 9.17) is 0 Å². The lowest BCUT2D eigenvalue weighted by molar-refractivity contribution is -0.139. The van der Waals surface area contributed by atoms with E-state index >= 15 is 0 Å². The molecule has 1 unspecified atom stereocenters. The molecule has 1 amide bonds. The van der Waals surface area contributed by atoms with Crippen LogP contribution < -0.4 is 5.32 Å². The summed E-state index contributed by atoms with van der Waals surface area (Å²) in [5.74, 6) is -0.599. The molecule has 0 aliphatic rings. The summed E-state index contributed by atoms with van der Waals surface area (Å²) in [5.41, 5.74) is -1.88. The van der Waals surface area contributed by atoms with E-state index in [2.05, 4.69) is 20.3 Å². The SMILES string of the molecule is O=C(CCc1cnc[nH]1)NC(c1ccc(C(F)(F)F)cc1)c1ncccc1C(F)(F)F. The Morgan fingerprint density at radius 3 is 2.32 bits per heavy atom. The van der Waals surface area contributed by atoms with E-state index in [1.807, 2.05) is 0 Å². The molecule has 11 heteroatoms. The molecule has 0 aliphatic heterocycles. The van der Waals surface area contributed by atoms with E-state index < -0.39 is 41.1 Å². The Kier molecular flexibility index (Phi) is 6.32. The largest absolute Gasteiger partial charge is 0.418 e. The monoisotopic (exact) mass is 442 g/mol. The highest BCUT2D eigenvalue weighted by atomic mass is 19.4. The van der Waals surface area contributed by atoms with Crippen molar-refractivity contribution in [3.63, 3.8) is 0 Å². The van der Waals surface area contributed by atoms with Gasteiger partial charge in [0.2, 0.25) is 5.91 Å². The number of imidazole rings is 1. The number of nitrogens with one attached hydrogen (secondary N) is 2. The Balaban J connectivity index is 1.94. The number of halogens is 6. The summed E-state index contributed by atoms with van der Waals surface area (Å²) >= 11 is 0. The summed E-state index contributed by atoms with van der Waals surface area (Å²) in [4.78, 5) is 22.8. The lowest BCUT2D eigenvalue weighted by Crippen LogP contribution is -2.32. The van der Waals surface area contributed by atoms with Gasteiger partial charge in [-0.25, -0.2) is 4.98 Å². The summed E-state index contributed by atoms with van der Waals surface area (Å²) in [5, 5.41) is 2.47. The first-order valence-corrected chi connectivity index (χ1v) is 9.01. The summed E-state index contributed by atoms with van der Waals surface area (Å²) in [7, 11) is 0. The number of carbonyl (C=O) groups excluding carboxylic acids is 1. The Bertz CT molecular complexity index is 1010. The fourth-order valence-corrected chi connectivity index (χ4v) is 2.96. The van der Waals surface area contributed by atoms with Crippen LogP contribution in [0.4, 0.5) is 26.3 Å². The number of hydrogen-bond acceptors (Lipinski definition) is 3. The minimum atomic E-state index is -4.77.